The van der Waals surface area contributed by atoms with E-state index in [4.69, 9.17) is 17.3 Å². The Bertz CT molecular complexity index is 608. The van der Waals surface area contributed by atoms with Gasteiger partial charge in [-0.2, -0.15) is 0 Å². The average Bonchev–Trinajstić information content (AvgIpc) is 2.93. The summed E-state index contributed by atoms with van der Waals surface area (Å²) >= 11 is 7.45. The Hall–Kier alpha value is -1.14. The van der Waals surface area contributed by atoms with Crippen LogP contribution in [0.3, 0.4) is 0 Å². The van der Waals surface area contributed by atoms with Crippen LogP contribution < -0.4 is 5.73 Å². The molecule has 0 spiro atoms. The largest absolute Gasteiger partial charge is 0.388 e. The predicted molar refractivity (Wildman–Crippen MR) is 90.9 cm³/mol. The maximum atomic E-state index is 10.5. The fourth-order valence-electron chi connectivity index (χ4n) is 2.98. The fraction of sp³-hybridized carbons (Fsp3) is 0.438. The molecule has 2 aromatic rings. The molecule has 1 atom stereocenters. The normalized spacial score (nSPS) is 18.5. The number of halogens is 1. The summed E-state index contributed by atoms with van der Waals surface area (Å²) < 4.78 is 0. The van der Waals surface area contributed by atoms with Gasteiger partial charge in [-0.1, -0.05) is 23.7 Å². The van der Waals surface area contributed by atoms with Crippen LogP contribution in [0, 0.1) is 5.92 Å². The third-order valence-electron chi connectivity index (χ3n) is 4.24. The molecule has 1 aliphatic rings. The molecule has 1 saturated heterocycles. The van der Waals surface area contributed by atoms with Crippen molar-refractivity contribution >= 4 is 28.1 Å². The summed E-state index contributed by atoms with van der Waals surface area (Å²) in [5.41, 5.74) is 6.62. The molecule has 1 aromatic carbocycles. The molecular weight excluding hydrogens is 318 g/mol. The Balaban J connectivity index is 1.53. The minimum absolute atomic E-state index is 0.309. The fourth-order valence-corrected chi connectivity index (χ4v) is 3.83. The highest BCUT2D eigenvalue weighted by Gasteiger charge is 2.26. The van der Waals surface area contributed by atoms with Crippen LogP contribution in [0.2, 0.25) is 5.02 Å². The second-order valence-corrected chi connectivity index (χ2v) is 7.36. The van der Waals surface area contributed by atoms with E-state index in [-0.39, 0.29) is 0 Å². The minimum Gasteiger partial charge on any atom is -0.388 e. The van der Waals surface area contributed by atoms with Crippen molar-refractivity contribution in [2.45, 2.75) is 25.5 Å². The van der Waals surface area contributed by atoms with Crippen LogP contribution in [0.25, 0.3) is 0 Å². The number of rotatable bonds is 4. The van der Waals surface area contributed by atoms with E-state index in [1.165, 1.54) is 4.88 Å². The number of thiazole rings is 1. The van der Waals surface area contributed by atoms with E-state index >= 15 is 0 Å². The maximum Gasteiger partial charge on any atom is 0.180 e. The number of nitrogen functional groups attached to an aromatic ring is 1. The third-order valence-corrected chi connectivity index (χ3v) is 5.30. The van der Waals surface area contributed by atoms with Crippen molar-refractivity contribution in [3.63, 3.8) is 0 Å². The molecule has 0 aliphatic carbocycles. The molecule has 118 valence electrons. The highest BCUT2D eigenvalue weighted by atomic mass is 35.5. The number of nitrogens with two attached hydrogens (primary N) is 1. The van der Waals surface area contributed by atoms with Crippen LogP contribution in [-0.2, 0) is 6.54 Å². The summed E-state index contributed by atoms with van der Waals surface area (Å²) in [6, 6.07) is 7.51. The van der Waals surface area contributed by atoms with Crippen LogP contribution in [0.1, 0.15) is 29.4 Å². The number of piperidine rings is 1. The summed E-state index contributed by atoms with van der Waals surface area (Å²) in [5.74, 6) is 0.309. The molecule has 1 unspecified atom stereocenters. The molecule has 1 aliphatic heterocycles. The molecule has 6 heteroatoms. The first-order chi connectivity index (χ1) is 10.6. The summed E-state index contributed by atoms with van der Waals surface area (Å²) in [7, 11) is 0. The molecule has 0 saturated carbocycles. The Morgan fingerprint density at radius 2 is 2.00 bits per heavy atom. The molecule has 2 heterocycles. The first-order valence-corrected chi connectivity index (χ1v) is 8.67. The van der Waals surface area contributed by atoms with Crippen molar-refractivity contribution in [1.29, 1.82) is 0 Å². The number of aromatic nitrogens is 1. The Morgan fingerprint density at radius 1 is 1.32 bits per heavy atom. The number of aliphatic hydroxyl groups excluding tert-OH is 1. The standard InChI is InChI=1S/C16H20ClN3OS/c17-13-3-1-11(2-4-13)15(21)12-5-7-20(8-6-12)10-14-9-19-16(18)22-14/h1-4,9,12,15,21H,5-8,10H2,(H2,18,19). The number of hydrogen-bond donors (Lipinski definition) is 2. The molecular formula is C16H20ClN3OS. The van der Waals surface area contributed by atoms with Gasteiger partial charge in [0.2, 0.25) is 0 Å². The third kappa shape index (κ3) is 3.79. The van der Waals surface area contributed by atoms with Crippen LogP contribution >= 0.6 is 22.9 Å². The van der Waals surface area contributed by atoms with Gasteiger partial charge in [-0.05, 0) is 49.5 Å². The second kappa shape index (κ2) is 6.96. The van der Waals surface area contributed by atoms with Crippen molar-refractivity contribution in [3.8, 4) is 0 Å². The molecule has 3 N–H and O–H groups in total. The van der Waals surface area contributed by atoms with Gasteiger partial charge >= 0.3 is 0 Å². The topological polar surface area (TPSA) is 62.4 Å². The lowest BCUT2D eigenvalue weighted by Crippen LogP contribution is -2.35. The van der Waals surface area contributed by atoms with Crippen molar-refractivity contribution in [3.05, 3.63) is 45.9 Å². The monoisotopic (exact) mass is 337 g/mol. The number of aliphatic hydroxyl groups is 1. The van der Waals surface area contributed by atoms with E-state index in [0.29, 0.717) is 16.1 Å². The first-order valence-electron chi connectivity index (χ1n) is 7.48. The van der Waals surface area contributed by atoms with Gasteiger partial charge in [0.1, 0.15) is 0 Å². The van der Waals surface area contributed by atoms with Gasteiger partial charge in [0, 0.05) is 22.6 Å². The predicted octanol–water partition coefficient (Wildman–Crippen LogP) is 3.32. The highest BCUT2D eigenvalue weighted by molar-refractivity contribution is 7.15. The molecule has 1 fully saturated rings. The van der Waals surface area contributed by atoms with E-state index < -0.39 is 6.10 Å². The Labute approximate surface area is 139 Å². The summed E-state index contributed by atoms with van der Waals surface area (Å²) in [6.07, 6.45) is 3.45. The Kier molecular flexibility index (Phi) is 4.98. The lowest BCUT2D eigenvalue weighted by Gasteiger charge is -2.34. The highest BCUT2D eigenvalue weighted by Crippen LogP contribution is 2.32. The van der Waals surface area contributed by atoms with Gasteiger partial charge in [-0.3, -0.25) is 4.90 Å². The average molecular weight is 338 g/mol. The van der Waals surface area contributed by atoms with E-state index in [2.05, 4.69) is 9.88 Å². The molecule has 0 amide bonds. The van der Waals surface area contributed by atoms with Gasteiger partial charge in [0.25, 0.3) is 0 Å². The van der Waals surface area contributed by atoms with Gasteiger partial charge < -0.3 is 10.8 Å². The van der Waals surface area contributed by atoms with E-state index in [0.717, 1.165) is 38.0 Å². The number of anilines is 1. The lowest BCUT2D eigenvalue weighted by atomic mass is 9.87. The molecule has 0 radical (unpaired) electrons. The summed E-state index contributed by atoms with van der Waals surface area (Å²) in [4.78, 5) is 7.69. The summed E-state index contributed by atoms with van der Waals surface area (Å²) in [6.45, 7) is 2.89. The zero-order valence-corrected chi connectivity index (χ0v) is 13.9. The van der Waals surface area contributed by atoms with Crippen LogP contribution in [0.4, 0.5) is 5.13 Å². The molecule has 1 aromatic heterocycles. The molecule has 22 heavy (non-hydrogen) atoms. The Morgan fingerprint density at radius 3 is 2.59 bits per heavy atom. The maximum absolute atomic E-state index is 10.5. The second-order valence-electron chi connectivity index (χ2n) is 5.77. The molecule has 3 rings (SSSR count). The van der Waals surface area contributed by atoms with Crippen molar-refractivity contribution in [2.24, 2.45) is 5.92 Å². The zero-order valence-electron chi connectivity index (χ0n) is 12.3. The van der Waals surface area contributed by atoms with Gasteiger partial charge in [0.15, 0.2) is 5.13 Å². The molecule has 0 bridgehead atoms. The van der Waals surface area contributed by atoms with Gasteiger partial charge in [0.05, 0.1) is 6.10 Å². The van der Waals surface area contributed by atoms with Crippen LogP contribution in [0.15, 0.2) is 30.5 Å². The summed E-state index contributed by atoms with van der Waals surface area (Å²) in [5, 5.41) is 11.9. The first kappa shape index (κ1) is 15.7. The van der Waals surface area contributed by atoms with E-state index in [1.807, 2.05) is 30.5 Å². The van der Waals surface area contributed by atoms with Crippen LogP contribution in [0.5, 0.6) is 0 Å². The smallest absolute Gasteiger partial charge is 0.180 e. The minimum atomic E-state index is -0.404. The number of nitrogens with zero attached hydrogens (tertiary/aromatic N) is 2. The zero-order chi connectivity index (χ0) is 15.5. The quantitative estimate of drug-likeness (QED) is 0.898. The van der Waals surface area contributed by atoms with Gasteiger partial charge in [-0.15, -0.1) is 11.3 Å². The van der Waals surface area contributed by atoms with Crippen molar-refractivity contribution in [1.82, 2.24) is 9.88 Å². The SMILES string of the molecule is Nc1ncc(CN2CCC(C(O)c3ccc(Cl)cc3)CC2)s1. The van der Waals surface area contributed by atoms with Crippen molar-refractivity contribution < 1.29 is 5.11 Å². The number of likely N-dealkylation sites (tertiary alicyclic amines) is 1. The van der Waals surface area contributed by atoms with Crippen molar-refractivity contribution in [2.75, 3.05) is 18.8 Å². The van der Waals surface area contributed by atoms with E-state index in [9.17, 15) is 5.11 Å². The molecule has 4 nitrogen and oxygen atoms in total. The number of hydrogen-bond acceptors (Lipinski definition) is 5. The van der Waals surface area contributed by atoms with E-state index in [1.54, 1.807) is 11.3 Å². The van der Waals surface area contributed by atoms with Gasteiger partial charge in [-0.25, -0.2) is 4.98 Å². The number of benzene rings is 1. The lowest BCUT2D eigenvalue weighted by molar-refractivity contribution is 0.0570. The van der Waals surface area contributed by atoms with Crippen LogP contribution in [-0.4, -0.2) is 28.1 Å².